The molecule has 0 N–H and O–H groups in total. The van der Waals surface area contributed by atoms with E-state index < -0.39 is 0 Å². The summed E-state index contributed by atoms with van der Waals surface area (Å²) in [7, 11) is 0. The molecule has 3 heterocycles. The van der Waals surface area contributed by atoms with Crippen LogP contribution in [-0.2, 0) is 0 Å². The van der Waals surface area contributed by atoms with Crippen LogP contribution in [0.15, 0.2) is 59.4 Å². The SMILES string of the molecule is C=CCOc1ccc(-n2c(=O)c3cnc(SC)nc3n3ccnc23)c(C)c1. The molecule has 7 nitrogen and oxygen atoms in total. The standard InChI is InChI=1S/C19H17N5O2S/c1-4-9-26-13-5-6-15(12(2)10-13)24-17(25)14-11-21-18(27-3)22-16(14)23-8-7-20-19(23)24/h4-8,10-11H,1,9H2,2-3H3. The summed E-state index contributed by atoms with van der Waals surface area (Å²) in [5.74, 6) is 1.22. The fraction of sp³-hybridized carbons (Fsp3) is 0.158. The minimum absolute atomic E-state index is 0.209. The van der Waals surface area contributed by atoms with E-state index in [9.17, 15) is 4.79 Å². The molecule has 0 aliphatic heterocycles. The lowest BCUT2D eigenvalue weighted by Crippen LogP contribution is -2.23. The molecule has 8 heteroatoms. The Kier molecular flexibility index (Phi) is 4.41. The molecule has 0 radical (unpaired) electrons. The van der Waals surface area contributed by atoms with E-state index in [1.165, 1.54) is 11.8 Å². The van der Waals surface area contributed by atoms with Gasteiger partial charge in [-0.3, -0.25) is 9.20 Å². The largest absolute Gasteiger partial charge is 0.490 e. The zero-order valence-electron chi connectivity index (χ0n) is 14.9. The van der Waals surface area contributed by atoms with Crippen molar-refractivity contribution >= 4 is 28.6 Å². The van der Waals surface area contributed by atoms with Crippen LogP contribution in [0.5, 0.6) is 5.75 Å². The Hall–Kier alpha value is -3.13. The van der Waals surface area contributed by atoms with Gasteiger partial charge in [0.1, 0.15) is 17.7 Å². The molecule has 0 amide bonds. The minimum atomic E-state index is -0.209. The third-order valence-corrected chi connectivity index (χ3v) is 4.75. The number of benzene rings is 1. The predicted molar refractivity (Wildman–Crippen MR) is 106 cm³/mol. The molecule has 0 unspecified atom stereocenters. The Morgan fingerprint density at radius 3 is 2.93 bits per heavy atom. The normalized spacial score (nSPS) is 11.2. The summed E-state index contributed by atoms with van der Waals surface area (Å²) in [6.07, 6.45) is 8.61. The highest BCUT2D eigenvalue weighted by atomic mass is 32.2. The van der Waals surface area contributed by atoms with Crippen LogP contribution in [0, 0.1) is 6.92 Å². The van der Waals surface area contributed by atoms with Crippen molar-refractivity contribution in [3.63, 3.8) is 0 Å². The first-order valence-electron chi connectivity index (χ1n) is 8.27. The van der Waals surface area contributed by atoms with Gasteiger partial charge in [-0.1, -0.05) is 24.4 Å². The number of ether oxygens (including phenoxy) is 1. The van der Waals surface area contributed by atoms with Crippen LogP contribution in [-0.4, -0.2) is 36.8 Å². The fourth-order valence-corrected chi connectivity index (χ4v) is 3.30. The maximum absolute atomic E-state index is 13.2. The number of aromatic nitrogens is 5. The first-order valence-corrected chi connectivity index (χ1v) is 9.50. The topological polar surface area (TPSA) is 74.3 Å². The highest BCUT2D eigenvalue weighted by Gasteiger charge is 2.16. The molecule has 0 fully saturated rings. The van der Waals surface area contributed by atoms with Crippen molar-refractivity contribution < 1.29 is 4.74 Å². The number of aryl methyl sites for hydroxylation is 1. The molecule has 136 valence electrons. The van der Waals surface area contributed by atoms with E-state index in [0.29, 0.717) is 28.6 Å². The molecule has 3 aromatic heterocycles. The van der Waals surface area contributed by atoms with Gasteiger partial charge in [0, 0.05) is 18.6 Å². The van der Waals surface area contributed by atoms with Crippen molar-refractivity contribution in [1.82, 2.24) is 23.9 Å². The molecule has 0 bridgehead atoms. The molecular weight excluding hydrogens is 362 g/mol. The fourth-order valence-electron chi connectivity index (χ4n) is 2.97. The molecule has 0 spiro atoms. The maximum Gasteiger partial charge on any atom is 0.270 e. The van der Waals surface area contributed by atoms with Crippen LogP contribution in [0.1, 0.15) is 5.56 Å². The van der Waals surface area contributed by atoms with Crippen molar-refractivity contribution in [3.05, 3.63) is 65.4 Å². The quantitative estimate of drug-likeness (QED) is 0.301. The summed E-state index contributed by atoms with van der Waals surface area (Å²) < 4.78 is 8.96. The number of thioether (sulfide) groups is 1. The van der Waals surface area contributed by atoms with Gasteiger partial charge in [0.05, 0.1) is 5.69 Å². The molecule has 4 aromatic rings. The second kappa shape index (κ2) is 6.88. The van der Waals surface area contributed by atoms with E-state index in [0.717, 1.165) is 17.0 Å². The smallest absolute Gasteiger partial charge is 0.270 e. The van der Waals surface area contributed by atoms with Crippen molar-refractivity contribution in [2.24, 2.45) is 0 Å². The highest BCUT2D eigenvalue weighted by Crippen LogP contribution is 2.23. The third-order valence-electron chi connectivity index (χ3n) is 4.19. The summed E-state index contributed by atoms with van der Waals surface area (Å²) >= 11 is 1.43. The Morgan fingerprint density at radius 2 is 2.19 bits per heavy atom. The van der Waals surface area contributed by atoms with Gasteiger partial charge in [0.25, 0.3) is 5.56 Å². The summed E-state index contributed by atoms with van der Waals surface area (Å²) in [6, 6.07) is 5.57. The predicted octanol–water partition coefficient (Wildman–Crippen LogP) is 3.02. The number of nitrogens with zero attached hydrogens (tertiary/aromatic N) is 5. The number of rotatable bonds is 5. The van der Waals surface area contributed by atoms with Crippen LogP contribution in [0.4, 0.5) is 0 Å². The summed E-state index contributed by atoms with van der Waals surface area (Å²) in [6.45, 7) is 6.00. The molecule has 0 saturated heterocycles. The number of fused-ring (bicyclic) bond motifs is 3. The number of hydrogen-bond donors (Lipinski definition) is 0. The average Bonchev–Trinajstić information content (AvgIpc) is 3.17. The van der Waals surface area contributed by atoms with Gasteiger partial charge in [0.2, 0.25) is 5.78 Å². The Morgan fingerprint density at radius 1 is 1.33 bits per heavy atom. The molecule has 1 aromatic carbocycles. The van der Waals surface area contributed by atoms with E-state index >= 15 is 0 Å². The molecule has 0 saturated carbocycles. The monoisotopic (exact) mass is 379 g/mol. The van der Waals surface area contributed by atoms with E-state index in [1.54, 1.807) is 33.6 Å². The van der Waals surface area contributed by atoms with Gasteiger partial charge < -0.3 is 4.74 Å². The lowest BCUT2D eigenvalue weighted by molar-refractivity contribution is 0.363. The molecule has 27 heavy (non-hydrogen) atoms. The van der Waals surface area contributed by atoms with Gasteiger partial charge in [-0.15, -0.1) is 0 Å². The van der Waals surface area contributed by atoms with Gasteiger partial charge in [-0.05, 0) is 36.9 Å². The molecule has 0 atom stereocenters. The van der Waals surface area contributed by atoms with Gasteiger partial charge >= 0.3 is 0 Å². The number of imidazole rings is 1. The van der Waals surface area contributed by atoms with Gasteiger partial charge in [-0.2, -0.15) is 0 Å². The van der Waals surface area contributed by atoms with Gasteiger partial charge in [0.15, 0.2) is 10.8 Å². The maximum atomic E-state index is 13.2. The minimum Gasteiger partial charge on any atom is -0.490 e. The van der Waals surface area contributed by atoms with Crippen LogP contribution in [0.25, 0.3) is 22.5 Å². The Bertz CT molecular complexity index is 1230. The van der Waals surface area contributed by atoms with E-state index in [2.05, 4.69) is 21.5 Å². The van der Waals surface area contributed by atoms with Crippen LogP contribution < -0.4 is 10.3 Å². The van der Waals surface area contributed by atoms with E-state index in [-0.39, 0.29) is 5.56 Å². The zero-order valence-corrected chi connectivity index (χ0v) is 15.7. The summed E-state index contributed by atoms with van der Waals surface area (Å²) in [5, 5.41) is 1.04. The summed E-state index contributed by atoms with van der Waals surface area (Å²) in [5.41, 5.74) is 1.97. The second-order valence-corrected chi connectivity index (χ2v) is 6.65. The molecule has 0 aliphatic rings. The van der Waals surface area contributed by atoms with Crippen LogP contribution in [0.2, 0.25) is 0 Å². The summed E-state index contributed by atoms with van der Waals surface area (Å²) in [4.78, 5) is 26.4. The average molecular weight is 379 g/mol. The zero-order chi connectivity index (χ0) is 19.0. The van der Waals surface area contributed by atoms with Gasteiger partial charge in [-0.25, -0.2) is 19.5 Å². The number of hydrogen-bond acceptors (Lipinski definition) is 6. The highest BCUT2D eigenvalue weighted by molar-refractivity contribution is 7.98. The Labute approximate surface area is 159 Å². The second-order valence-electron chi connectivity index (χ2n) is 5.88. The van der Waals surface area contributed by atoms with E-state index in [1.807, 2.05) is 31.4 Å². The van der Waals surface area contributed by atoms with Crippen molar-refractivity contribution in [3.8, 4) is 11.4 Å². The van der Waals surface area contributed by atoms with Crippen molar-refractivity contribution in [2.45, 2.75) is 12.1 Å². The molecular formula is C19H17N5O2S. The van der Waals surface area contributed by atoms with Crippen LogP contribution >= 0.6 is 11.8 Å². The Balaban J connectivity index is 1.99. The van der Waals surface area contributed by atoms with E-state index in [4.69, 9.17) is 4.74 Å². The van der Waals surface area contributed by atoms with Crippen molar-refractivity contribution in [2.75, 3.05) is 12.9 Å². The van der Waals surface area contributed by atoms with Crippen LogP contribution in [0.3, 0.4) is 0 Å². The lowest BCUT2D eigenvalue weighted by atomic mass is 10.2. The first kappa shape index (κ1) is 17.3. The first-order chi connectivity index (χ1) is 13.1. The molecule has 0 aliphatic carbocycles. The molecule has 4 rings (SSSR count). The lowest BCUT2D eigenvalue weighted by Gasteiger charge is -2.14. The van der Waals surface area contributed by atoms with Crippen molar-refractivity contribution in [1.29, 1.82) is 0 Å². The third kappa shape index (κ3) is 2.87.